The third-order valence-electron chi connectivity index (χ3n) is 2.06. The Hall–Kier alpha value is -0.490. The Morgan fingerprint density at radius 3 is 2.93 bits per heavy atom. The van der Waals surface area contributed by atoms with Crippen molar-refractivity contribution in [2.24, 2.45) is 0 Å². The summed E-state index contributed by atoms with van der Waals surface area (Å²) in [6, 6.07) is 1.81. The lowest BCUT2D eigenvalue weighted by Crippen LogP contribution is -2.15. The largest absolute Gasteiger partial charge is 0.370 e. The molecule has 0 fully saturated rings. The zero-order valence-electron chi connectivity index (χ0n) is 8.74. The van der Waals surface area contributed by atoms with Crippen LogP contribution >= 0.6 is 15.9 Å². The second kappa shape index (κ2) is 6.17. The van der Waals surface area contributed by atoms with Crippen LogP contribution in [0.2, 0.25) is 0 Å². The molecule has 4 nitrogen and oxygen atoms in total. The molecule has 84 valence electrons. The van der Waals surface area contributed by atoms with Gasteiger partial charge in [-0.1, -0.05) is 6.92 Å². The summed E-state index contributed by atoms with van der Waals surface area (Å²) >= 11 is 3.27. The molecule has 0 amide bonds. The average molecular weight is 292 g/mol. The number of aromatic nitrogens is 2. The molecule has 0 aliphatic rings. The van der Waals surface area contributed by atoms with Crippen LogP contribution in [0.15, 0.2) is 17.0 Å². The maximum absolute atomic E-state index is 11.1. The lowest BCUT2D eigenvalue weighted by Gasteiger charge is -2.09. The summed E-state index contributed by atoms with van der Waals surface area (Å²) in [5, 5.41) is 3.37. The Morgan fingerprint density at radius 1 is 1.60 bits per heavy atom. The van der Waals surface area contributed by atoms with Crippen LogP contribution in [-0.4, -0.2) is 32.2 Å². The lowest BCUT2D eigenvalue weighted by atomic mass is 10.3. The number of nitrogens with zero attached hydrogens (tertiary/aromatic N) is 2. The van der Waals surface area contributed by atoms with Crippen molar-refractivity contribution < 1.29 is 4.21 Å². The van der Waals surface area contributed by atoms with Gasteiger partial charge in [-0.15, -0.1) is 0 Å². The minimum Gasteiger partial charge on any atom is -0.370 e. The molecule has 0 saturated heterocycles. The van der Waals surface area contributed by atoms with Gasteiger partial charge >= 0.3 is 0 Å². The Kier molecular flexibility index (Phi) is 5.17. The van der Waals surface area contributed by atoms with Crippen LogP contribution in [0.5, 0.6) is 0 Å². The summed E-state index contributed by atoms with van der Waals surface area (Å²) in [6.45, 7) is 2.75. The number of halogens is 1. The first kappa shape index (κ1) is 12.6. The molecule has 6 heteroatoms. The van der Waals surface area contributed by atoms with Crippen LogP contribution in [0.25, 0.3) is 0 Å². The van der Waals surface area contributed by atoms with E-state index in [1.54, 1.807) is 6.26 Å². The predicted molar refractivity (Wildman–Crippen MR) is 66.4 cm³/mol. The molecule has 0 radical (unpaired) electrons. The third kappa shape index (κ3) is 4.70. The number of rotatable bonds is 5. The van der Waals surface area contributed by atoms with Crippen LogP contribution in [0, 0.1) is 0 Å². The molecule has 2 unspecified atom stereocenters. The molecular formula is C9H14BrN3OS. The molecule has 0 aliphatic heterocycles. The molecule has 0 spiro atoms. The van der Waals surface area contributed by atoms with E-state index in [1.165, 1.54) is 6.33 Å². The number of hydrogen-bond acceptors (Lipinski definition) is 4. The SMILES string of the molecule is CC(CCNc1cc(Br)ncn1)S(C)=O. The second-order valence-electron chi connectivity index (χ2n) is 3.25. The van der Waals surface area contributed by atoms with Gasteiger partial charge in [-0.25, -0.2) is 9.97 Å². The quantitative estimate of drug-likeness (QED) is 0.841. The molecule has 0 aromatic carbocycles. The van der Waals surface area contributed by atoms with Gasteiger partial charge < -0.3 is 5.32 Å². The molecular weight excluding hydrogens is 278 g/mol. The summed E-state index contributed by atoms with van der Waals surface area (Å²) in [7, 11) is -0.755. The van der Waals surface area contributed by atoms with E-state index in [-0.39, 0.29) is 5.25 Å². The molecule has 1 rings (SSSR count). The Balaban J connectivity index is 2.35. The highest BCUT2D eigenvalue weighted by atomic mass is 79.9. The minimum atomic E-state index is -0.755. The summed E-state index contributed by atoms with van der Waals surface area (Å²) in [5.41, 5.74) is 0. The maximum Gasteiger partial charge on any atom is 0.130 e. The van der Waals surface area contributed by atoms with Crippen molar-refractivity contribution >= 4 is 32.5 Å². The average Bonchev–Trinajstić information content (AvgIpc) is 2.17. The van der Waals surface area contributed by atoms with Crippen LogP contribution in [0.4, 0.5) is 5.82 Å². The topological polar surface area (TPSA) is 54.9 Å². The maximum atomic E-state index is 11.1. The van der Waals surface area contributed by atoms with Crippen molar-refractivity contribution in [3.63, 3.8) is 0 Å². The van der Waals surface area contributed by atoms with Gasteiger partial charge in [-0.05, 0) is 22.4 Å². The molecule has 1 aromatic rings. The van der Waals surface area contributed by atoms with Gasteiger partial charge in [0.15, 0.2) is 0 Å². The highest BCUT2D eigenvalue weighted by Crippen LogP contribution is 2.09. The molecule has 2 atom stereocenters. The fraction of sp³-hybridized carbons (Fsp3) is 0.556. The fourth-order valence-electron chi connectivity index (χ4n) is 1.000. The number of hydrogen-bond donors (Lipinski definition) is 1. The van der Waals surface area contributed by atoms with Crippen LogP contribution in [0.1, 0.15) is 13.3 Å². The van der Waals surface area contributed by atoms with Gasteiger partial charge in [0.1, 0.15) is 16.7 Å². The van der Waals surface area contributed by atoms with Crippen molar-refractivity contribution in [1.29, 1.82) is 0 Å². The normalized spacial score (nSPS) is 14.6. The van der Waals surface area contributed by atoms with E-state index in [2.05, 4.69) is 31.2 Å². The Bertz CT molecular complexity index is 348. The second-order valence-corrected chi connectivity index (χ2v) is 5.87. The molecule has 1 heterocycles. The number of anilines is 1. The van der Waals surface area contributed by atoms with Gasteiger partial charge in [0.05, 0.1) is 0 Å². The van der Waals surface area contributed by atoms with E-state index in [9.17, 15) is 4.21 Å². The van der Waals surface area contributed by atoms with Crippen LogP contribution < -0.4 is 5.32 Å². The van der Waals surface area contributed by atoms with Crippen molar-refractivity contribution in [1.82, 2.24) is 9.97 Å². The van der Waals surface area contributed by atoms with Crippen molar-refractivity contribution in [2.75, 3.05) is 18.1 Å². The van der Waals surface area contributed by atoms with Gasteiger partial charge in [0.2, 0.25) is 0 Å². The first-order valence-electron chi connectivity index (χ1n) is 4.63. The standard InChI is InChI=1S/C9H14BrN3OS/c1-7(15(2)14)3-4-11-9-5-8(10)12-6-13-9/h5-7H,3-4H2,1-2H3,(H,11,12,13). The molecule has 0 saturated carbocycles. The van der Waals surface area contributed by atoms with Crippen LogP contribution in [-0.2, 0) is 10.8 Å². The zero-order valence-corrected chi connectivity index (χ0v) is 11.1. The van der Waals surface area contributed by atoms with Crippen molar-refractivity contribution in [2.45, 2.75) is 18.6 Å². The third-order valence-corrected chi connectivity index (χ3v) is 3.86. The molecule has 0 bridgehead atoms. The highest BCUT2D eigenvalue weighted by molar-refractivity contribution is 9.10. The summed E-state index contributed by atoms with van der Waals surface area (Å²) in [6.07, 6.45) is 4.09. The zero-order chi connectivity index (χ0) is 11.3. The van der Waals surface area contributed by atoms with Crippen LogP contribution in [0.3, 0.4) is 0 Å². The molecule has 0 aliphatic carbocycles. The molecule has 15 heavy (non-hydrogen) atoms. The van der Waals surface area contributed by atoms with Gasteiger partial charge in [-0.3, -0.25) is 4.21 Å². The first-order chi connectivity index (χ1) is 7.09. The summed E-state index contributed by atoms with van der Waals surface area (Å²) in [5.74, 6) is 0.783. The van der Waals surface area contributed by atoms with E-state index in [1.807, 2.05) is 13.0 Å². The lowest BCUT2D eigenvalue weighted by molar-refractivity contribution is 0.672. The first-order valence-corrected chi connectivity index (χ1v) is 7.04. The van der Waals surface area contributed by atoms with Gasteiger partial charge in [-0.2, -0.15) is 0 Å². The smallest absolute Gasteiger partial charge is 0.130 e. The summed E-state index contributed by atoms with van der Waals surface area (Å²) < 4.78 is 11.8. The van der Waals surface area contributed by atoms with E-state index >= 15 is 0 Å². The van der Waals surface area contributed by atoms with Gasteiger partial charge in [0.25, 0.3) is 0 Å². The van der Waals surface area contributed by atoms with E-state index < -0.39 is 10.8 Å². The van der Waals surface area contributed by atoms with E-state index in [4.69, 9.17) is 0 Å². The molecule has 1 N–H and O–H groups in total. The van der Waals surface area contributed by atoms with Crippen molar-refractivity contribution in [3.8, 4) is 0 Å². The number of nitrogens with one attached hydrogen (secondary N) is 1. The Labute approximate surface area is 100 Å². The van der Waals surface area contributed by atoms with Crippen molar-refractivity contribution in [3.05, 3.63) is 17.0 Å². The fourth-order valence-corrected chi connectivity index (χ4v) is 1.76. The highest BCUT2D eigenvalue weighted by Gasteiger charge is 2.05. The van der Waals surface area contributed by atoms with E-state index in [0.29, 0.717) is 0 Å². The Morgan fingerprint density at radius 2 is 2.33 bits per heavy atom. The van der Waals surface area contributed by atoms with E-state index in [0.717, 1.165) is 23.4 Å². The summed E-state index contributed by atoms with van der Waals surface area (Å²) in [4.78, 5) is 7.98. The van der Waals surface area contributed by atoms with Gasteiger partial charge in [0, 0.05) is 34.9 Å². The monoisotopic (exact) mass is 291 g/mol. The molecule has 1 aromatic heterocycles. The predicted octanol–water partition coefficient (Wildman–Crippen LogP) is 1.81. The minimum absolute atomic E-state index is 0.211.